The van der Waals surface area contributed by atoms with E-state index in [0.717, 1.165) is 31.2 Å². The number of hydrogen-bond donors (Lipinski definition) is 4. The number of rotatable bonds is 15. The third kappa shape index (κ3) is 9.02. The Kier molecular flexibility index (Phi) is 12.3. The summed E-state index contributed by atoms with van der Waals surface area (Å²) < 4.78 is 0. The highest BCUT2D eigenvalue weighted by atomic mass is 16.5. The lowest BCUT2D eigenvalue weighted by Crippen LogP contribution is -2.55. The number of nitrogens with one attached hydrogen (secondary N) is 2. The van der Waals surface area contributed by atoms with Gasteiger partial charge >= 0.3 is 0 Å². The fraction of sp³-hybridized carbons (Fsp3) is 0.429. The average molecular weight is 511 g/mol. The molecule has 0 spiro atoms. The van der Waals surface area contributed by atoms with E-state index in [1.165, 1.54) is 7.05 Å². The fourth-order valence-corrected chi connectivity index (χ4v) is 4.17. The monoisotopic (exact) mass is 510 g/mol. The van der Waals surface area contributed by atoms with Crippen molar-refractivity contribution < 1.29 is 24.4 Å². The zero-order valence-corrected chi connectivity index (χ0v) is 21.6. The van der Waals surface area contributed by atoms with Crippen LogP contribution in [0.15, 0.2) is 60.7 Å². The first-order chi connectivity index (χ1) is 17.8. The van der Waals surface area contributed by atoms with E-state index >= 15 is 0 Å². The summed E-state index contributed by atoms with van der Waals surface area (Å²) in [5.74, 6) is -4.49. The number of primary amides is 1. The van der Waals surface area contributed by atoms with Crippen LogP contribution < -0.4 is 16.4 Å². The number of carbonyl (C=O) groups excluding carboxylic acids is 4. The van der Waals surface area contributed by atoms with E-state index in [4.69, 9.17) is 5.73 Å². The van der Waals surface area contributed by atoms with Gasteiger partial charge in [0.15, 0.2) is 0 Å². The topological polar surface area (TPSA) is 142 Å². The molecule has 0 aromatic heterocycles. The number of hydrogen-bond acceptors (Lipinski definition) is 5. The lowest BCUT2D eigenvalue weighted by molar-refractivity contribution is -0.183. The molecule has 2 aromatic rings. The van der Waals surface area contributed by atoms with Gasteiger partial charge in [-0.05, 0) is 17.5 Å². The highest BCUT2D eigenvalue weighted by Gasteiger charge is 2.37. The molecule has 2 aromatic carbocycles. The van der Waals surface area contributed by atoms with Gasteiger partial charge in [-0.25, -0.2) is 5.06 Å². The van der Waals surface area contributed by atoms with Crippen molar-refractivity contribution >= 4 is 23.6 Å². The molecule has 0 radical (unpaired) electrons. The van der Waals surface area contributed by atoms with Crippen LogP contribution in [0.25, 0.3) is 0 Å². The minimum atomic E-state index is -1.46. The first kappa shape index (κ1) is 29.5. The van der Waals surface area contributed by atoms with Gasteiger partial charge in [0.2, 0.25) is 17.7 Å². The van der Waals surface area contributed by atoms with E-state index in [0.29, 0.717) is 17.0 Å². The van der Waals surface area contributed by atoms with Crippen molar-refractivity contribution in [1.29, 1.82) is 0 Å². The number of carbonyl (C=O) groups is 4. The molecule has 0 aliphatic heterocycles. The standard InChI is InChI=1S/C28H38N4O5/c1-3-4-5-6-13-18-23(32(37)28(36)24(25(29)33)21-16-11-8-12-17-21)27(35)31-22(26(34)30-2)19-20-14-9-7-10-15-20/h7-12,14-17,22-24,37H,3-6,13,18-19H2,1-2H3,(H2,29,33)(H,30,34)(H,31,35). The normalized spacial score (nSPS) is 13.2. The molecule has 0 bridgehead atoms. The van der Waals surface area contributed by atoms with Crippen LogP contribution in [-0.2, 0) is 25.6 Å². The minimum absolute atomic E-state index is 0.157. The van der Waals surface area contributed by atoms with Crippen molar-refractivity contribution in [2.45, 2.75) is 69.9 Å². The van der Waals surface area contributed by atoms with Crippen LogP contribution in [0.4, 0.5) is 0 Å². The minimum Gasteiger partial charge on any atom is -0.369 e. The summed E-state index contributed by atoms with van der Waals surface area (Å²) in [4.78, 5) is 51.4. The molecular formula is C28H38N4O5. The number of hydroxylamine groups is 2. The Morgan fingerprint density at radius 1 is 0.892 bits per heavy atom. The maximum absolute atomic E-state index is 13.4. The van der Waals surface area contributed by atoms with Crippen LogP contribution in [0.1, 0.15) is 62.5 Å². The van der Waals surface area contributed by atoms with Gasteiger partial charge in [-0.1, -0.05) is 99.7 Å². The van der Waals surface area contributed by atoms with E-state index in [-0.39, 0.29) is 12.8 Å². The van der Waals surface area contributed by atoms with E-state index in [9.17, 15) is 24.4 Å². The van der Waals surface area contributed by atoms with Gasteiger partial charge in [0.05, 0.1) is 0 Å². The molecule has 0 heterocycles. The quantitative estimate of drug-likeness (QED) is 0.126. The Morgan fingerprint density at radius 2 is 1.49 bits per heavy atom. The van der Waals surface area contributed by atoms with Crippen LogP contribution in [0, 0.1) is 0 Å². The predicted octanol–water partition coefficient (Wildman–Crippen LogP) is 2.68. The largest absolute Gasteiger partial charge is 0.369 e. The number of nitrogens with zero attached hydrogens (tertiary/aromatic N) is 1. The molecule has 5 N–H and O–H groups in total. The average Bonchev–Trinajstić information content (AvgIpc) is 2.90. The third-order valence-electron chi connectivity index (χ3n) is 6.23. The van der Waals surface area contributed by atoms with Crippen LogP contribution in [-0.4, -0.2) is 53.0 Å². The third-order valence-corrected chi connectivity index (χ3v) is 6.23. The summed E-state index contributed by atoms with van der Waals surface area (Å²) in [6.07, 6.45) is 4.78. The molecule has 0 aliphatic rings. The summed E-state index contributed by atoms with van der Waals surface area (Å²) >= 11 is 0. The maximum atomic E-state index is 13.4. The first-order valence-corrected chi connectivity index (χ1v) is 12.7. The van der Waals surface area contributed by atoms with E-state index < -0.39 is 41.6 Å². The van der Waals surface area contributed by atoms with Crippen molar-refractivity contribution in [2.24, 2.45) is 5.73 Å². The van der Waals surface area contributed by atoms with Crippen molar-refractivity contribution in [3.63, 3.8) is 0 Å². The van der Waals surface area contributed by atoms with Gasteiger partial charge < -0.3 is 16.4 Å². The molecule has 0 fully saturated rings. The molecule has 4 amide bonds. The second-order valence-corrected chi connectivity index (χ2v) is 9.01. The van der Waals surface area contributed by atoms with Crippen molar-refractivity contribution in [3.05, 3.63) is 71.8 Å². The molecular weight excluding hydrogens is 472 g/mol. The SMILES string of the molecule is CCCCCCCC(C(=O)NC(Cc1ccccc1)C(=O)NC)N(O)C(=O)C(C(N)=O)c1ccccc1. The Hall–Kier alpha value is -3.72. The molecule has 0 saturated heterocycles. The van der Waals surface area contributed by atoms with Gasteiger partial charge in [-0.15, -0.1) is 0 Å². The zero-order valence-electron chi connectivity index (χ0n) is 21.6. The molecule has 37 heavy (non-hydrogen) atoms. The summed E-state index contributed by atoms with van der Waals surface area (Å²) in [7, 11) is 1.47. The summed E-state index contributed by atoms with van der Waals surface area (Å²) in [5, 5.41) is 16.5. The summed E-state index contributed by atoms with van der Waals surface area (Å²) in [6.45, 7) is 2.09. The van der Waals surface area contributed by atoms with Crippen LogP contribution in [0.3, 0.4) is 0 Å². The van der Waals surface area contributed by atoms with Gasteiger partial charge in [-0.3, -0.25) is 24.4 Å². The molecule has 9 nitrogen and oxygen atoms in total. The highest BCUT2D eigenvalue weighted by molar-refractivity contribution is 6.05. The molecule has 9 heteroatoms. The van der Waals surface area contributed by atoms with Gasteiger partial charge in [0.1, 0.15) is 18.0 Å². The number of unbranched alkanes of at least 4 members (excludes halogenated alkanes) is 4. The lowest BCUT2D eigenvalue weighted by atomic mass is 9.96. The Balaban J connectivity index is 2.27. The first-order valence-electron chi connectivity index (χ1n) is 12.7. The Morgan fingerprint density at radius 3 is 2.05 bits per heavy atom. The molecule has 3 unspecified atom stereocenters. The predicted molar refractivity (Wildman–Crippen MR) is 140 cm³/mol. The molecule has 3 atom stereocenters. The summed E-state index contributed by atoms with van der Waals surface area (Å²) in [5.41, 5.74) is 6.66. The molecule has 200 valence electrons. The number of likely N-dealkylation sites (N-methyl/N-ethyl adjacent to an activating group) is 1. The van der Waals surface area contributed by atoms with Gasteiger partial charge in [-0.2, -0.15) is 0 Å². The van der Waals surface area contributed by atoms with E-state index in [2.05, 4.69) is 17.6 Å². The highest BCUT2D eigenvalue weighted by Crippen LogP contribution is 2.21. The Bertz CT molecular complexity index is 1020. The van der Waals surface area contributed by atoms with Crippen LogP contribution >= 0.6 is 0 Å². The number of amides is 4. The molecule has 0 saturated carbocycles. The zero-order chi connectivity index (χ0) is 27.2. The van der Waals surface area contributed by atoms with Crippen molar-refractivity contribution in [2.75, 3.05) is 7.05 Å². The second kappa shape index (κ2) is 15.4. The van der Waals surface area contributed by atoms with Crippen LogP contribution in [0.5, 0.6) is 0 Å². The molecule has 2 rings (SSSR count). The van der Waals surface area contributed by atoms with Crippen molar-refractivity contribution in [3.8, 4) is 0 Å². The van der Waals surface area contributed by atoms with Gasteiger partial charge in [0, 0.05) is 13.5 Å². The second-order valence-electron chi connectivity index (χ2n) is 9.01. The summed E-state index contributed by atoms with van der Waals surface area (Å²) in [6, 6.07) is 15.1. The lowest BCUT2D eigenvalue weighted by Gasteiger charge is -2.29. The van der Waals surface area contributed by atoms with E-state index in [1.807, 2.05) is 30.3 Å². The molecule has 0 aliphatic carbocycles. The maximum Gasteiger partial charge on any atom is 0.263 e. The number of benzene rings is 2. The van der Waals surface area contributed by atoms with Crippen LogP contribution in [0.2, 0.25) is 0 Å². The number of nitrogens with two attached hydrogens (primary N) is 1. The van der Waals surface area contributed by atoms with E-state index in [1.54, 1.807) is 30.3 Å². The fourth-order valence-electron chi connectivity index (χ4n) is 4.17. The smallest absolute Gasteiger partial charge is 0.263 e. The Labute approximate surface area is 218 Å². The van der Waals surface area contributed by atoms with Gasteiger partial charge in [0.25, 0.3) is 5.91 Å². The van der Waals surface area contributed by atoms with Crippen molar-refractivity contribution in [1.82, 2.24) is 15.7 Å².